The standard InChI is InChI=1S/C48H75NO16/c1-29-18-16-14-12-10-8-6-7-9-11-13-15-17-19-36(64-43-26-37(49)46(58)32(4)63-43)25-41-44(47(59)60)40(55)28-48(61-5,65-41)27-35(52)23-39(54)38(53)21-20-33(50)22-34(51)24-42(56)62-31(3)30(2)45(29)57/h6-19,29-41,43-46,50-55,57-58H,20-28,49H2,1-5H3,(H,59,60)/b7-6+,10-8+,11-9+,14-12+,15-13+,18-16+,19-17+/t29-,30-,31-,32+,33?,34?,35-,36?,37+,38?,39+,40-,41-,43-,44+,45+,46+,48?/m0/s1. The normalized spacial score (nSPS) is 44.3. The molecule has 5 unspecified atom stereocenters. The third-order valence-corrected chi connectivity index (χ3v) is 12.2. The number of carboxylic acid groups (broad SMARTS) is 1. The maximum atomic E-state index is 12.6. The van der Waals surface area contributed by atoms with Crippen LogP contribution in [0, 0.1) is 17.8 Å². The van der Waals surface area contributed by atoms with Crippen molar-refractivity contribution < 1.29 is 79.2 Å². The predicted octanol–water partition coefficient (Wildman–Crippen LogP) is 2.40. The van der Waals surface area contributed by atoms with Gasteiger partial charge in [0.05, 0.1) is 73.6 Å². The average molecular weight is 922 g/mol. The number of hydrogen-bond acceptors (Lipinski definition) is 16. The van der Waals surface area contributed by atoms with Gasteiger partial charge in [0.2, 0.25) is 0 Å². The smallest absolute Gasteiger partial charge is 0.311 e. The fourth-order valence-electron chi connectivity index (χ4n) is 8.17. The van der Waals surface area contributed by atoms with Crippen LogP contribution in [0.5, 0.6) is 0 Å². The Bertz CT molecular complexity index is 1640. The molecule has 17 heteroatoms. The summed E-state index contributed by atoms with van der Waals surface area (Å²) < 4.78 is 29.7. The molecule has 65 heavy (non-hydrogen) atoms. The number of cyclic esters (lactones) is 1. The van der Waals surface area contributed by atoms with Crippen LogP contribution >= 0.6 is 0 Å². The van der Waals surface area contributed by atoms with Gasteiger partial charge in [0.25, 0.3) is 0 Å². The molecule has 0 saturated carbocycles. The van der Waals surface area contributed by atoms with Gasteiger partial charge in [0.15, 0.2) is 12.1 Å². The second-order valence-corrected chi connectivity index (χ2v) is 17.6. The lowest BCUT2D eigenvalue weighted by atomic mass is 9.82. The summed E-state index contributed by atoms with van der Waals surface area (Å²) in [7, 11) is 1.28. The summed E-state index contributed by atoms with van der Waals surface area (Å²) in [6.07, 6.45) is 8.93. The van der Waals surface area contributed by atoms with Gasteiger partial charge in [-0.15, -0.1) is 0 Å². The largest absolute Gasteiger partial charge is 0.481 e. The SMILES string of the molecule is COC12C[C@@H](O)C[C@@H](O)C(O)CCC(O)CC(O)CC(=O)O[C@@H](C)[C@H](C)[C@H](O)[C@@H](C)/C=C/C=C/C=C/C=C/C=C/C=C/C=C/C(O[C@H]3C[C@@H](N)[C@H](O)[C@@H](C)O3)C[C@H](O1)[C@H](C(=O)O)[C@@H](O)C2. The molecule has 0 aliphatic carbocycles. The number of aliphatic carboxylic acids is 1. The highest BCUT2D eigenvalue weighted by Gasteiger charge is 2.51. The van der Waals surface area contributed by atoms with E-state index in [4.69, 9.17) is 29.4 Å². The van der Waals surface area contributed by atoms with Crippen molar-refractivity contribution in [2.75, 3.05) is 7.11 Å². The Morgan fingerprint density at radius 2 is 1.26 bits per heavy atom. The van der Waals surface area contributed by atoms with Gasteiger partial charge in [-0.1, -0.05) is 98.9 Å². The van der Waals surface area contributed by atoms with E-state index < -0.39 is 122 Å². The Hall–Kier alpha value is -3.40. The van der Waals surface area contributed by atoms with E-state index in [0.29, 0.717) is 0 Å². The molecule has 2 saturated heterocycles. The molecule has 3 heterocycles. The van der Waals surface area contributed by atoms with E-state index in [1.807, 2.05) is 61.6 Å². The molecule has 3 aliphatic rings. The number of carboxylic acids is 1. The number of rotatable bonds is 4. The number of methoxy groups -OCH3 is 1. The third kappa shape index (κ3) is 19.0. The summed E-state index contributed by atoms with van der Waals surface area (Å²) in [5, 5.41) is 96.6. The lowest BCUT2D eigenvalue weighted by molar-refractivity contribution is -0.314. The van der Waals surface area contributed by atoms with Crippen LogP contribution in [0.3, 0.4) is 0 Å². The summed E-state index contributed by atoms with van der Waals surface area (Å²) >= 11 is 0. The third-order valence-electron chi connectivity index (χ3n) is 12.2. The molecule has 3 rings (SSSR count). The fraction of sp³-hybridized carbons (Fsp3) is 0.667. The van der Waals surface area contributed by atoms with Gasteiger partial charge in [-0.2, -0.15) is 0 Å². The molecule has 2 fully saturated rings. The van der Waals surface area contributed by atoms with Crippen molar-refractivity contribution in [2.45, 2.75) is 177 Å². The maximum absolute atomic E-state index is 12.6. The molecule has 0 aromatic rings. The fourth-order valence-corrected chi connectivity index (χ4v) is 8.17. The highest BCUT2D eigenvalue weighted by atomic mass is 16.7. The highest BCUT2D eigenvalue weighted by Crippen LogP contribution is 2.40. The van der Waals surface area contributed by atoms with Gasteiger partial charge < -0.3 is 75.4 Å². The quantitative estimate of drug-likeness (QED) is 0.181. The van der Waals surface area contributed by atoms with Crippen LogP contribution < -0.4 is 5.73 Å². The zero-order valence-corrected chi connectivity index (χ0v) is 38.2. The first-order valence-corrected chi connectivity index (χ1v) is 22.6. The number of aliphatic hydroxyl groups excluding tert-OH is 8. The van der Waals surface area contributed by atoms with Crippen molar-refractivity contribution in [3.8, 4) is 0 Å². The van der Waals surface area contributed by atoms with Crippen LogP contribution in [-0.4, -0.2) is 156 Å². The second-order valence-electron chi connectivity index (χ2n) is 17.6. The van der Waals surface area contributed by atoms with E-state index in [1.54, 1.807) is 51.2 Å². The highest BCUT2D eigenvalue weighted by molar-refractivity contribution is 5.71. The van der Waals surface area contributed by atoms with Gasteiger partial charge in [0.1, 0.15) is 12.0 Å². The van der Waals surface area contributed by atoms with Crippen LogP contribution in [0.2, 0.25) is 0 Å². The second kappa shape index (κ2) is 28.1. The molecular weight excluding hydrogens is 847 g/mol. The molecule has 3 aliphatic heterocycles. The Morgan fingerprint density at radius 1 is 0.677 bits per heavy atom. The Kier molecular flexibility index (Phi) is 24.1. The van der Waals surface area contributed by atoms with Crippen molar-refractivity contribution in [2.24, 2.45) is 23.5 Å². The van der Waals surface area contributed by atoms with Crippen LogP contribution in [0.1, 0.15) is 85.5 Å². The first-order valence-electron chi connectivity index (χ1n) is 22.6. The van der Waals surface area contributed by atoms with E-state index >= 15 is 0 Å². The minimum absolute atomic E-state index is 0.0644. The van der Waals surface area contributed by atoms with E-state index in [2.05, 4.69) is 0 Å². The number of aliphatic hydroxyl groups is 8. The zero-order chi connectivity index (χ0) is 48.3. The van der Waals surface area contributed by atoms with E-state index in [0.717, 1.165) is 0 Å². The topological polar surface area (TPSA) is 288 Å². The van der Waals surface area contributed by atoms with Gasteiger partial charge >= 0.3 is 11.9 Å². The number of esters is 1. The van der Waals surface area contributed by atoms with E-state index in [9.17, 15) is 55.5 Å². The van der Waals surface area contributed by atoms with Crippen molar-refractivity contribution in [1.29, 1.82) is 0 Å². The number of carbonyl (C=O) groups is 2. The maximum Gasteiger partial charge on any atom is 0.311 e. The molecule has 18 atom stereocenters. The van der Waals surface area contributed by atoms with E-state index in [-0.39, 0.29) is 57.3 Å². The van der Waals surface area contributed by atoms with Crippen molar-refractivity contribution in [3.63, 3.8) is 0 Å². The number of hydrogen-bond donors (Lipinski definition) is 10. The monoisotopic (exact) mass is 922 g/mol. The molecule has 17 nitrogen and oxygen atoms in total. The summed E-state index contributed by atoms with van der Waals surface area (Å²) in [6, 6.07) is -0.652. The van der Waals surface area contributed by atoms with Gasteiger partial charge in [0, 0.05) is 57.1 Å². The van der Waals surface area contributed by atoms with Crippen LogP contribution in [-0.2, 0) is 33.3 Å². The predicted molar refractivity (Wildman–Crippen MR) is 240 cm³/mol. The van der Waals surface area contributed by atoms with Gasteiger partial charge in [-0.25, -0.2) is 0 Å². The number of allylic oxidation sites excluding steroid dienone is 12. The molecule has 2 bridgehead atoms. The molecule has 0 aromatic heterocycles. The Morgan fingerprint density at radius 3 is 1.83 bits per heavy atom. The van der Waals surface area contributed by atoms with Crippen molar-refractivity contribution >= 4 is 11.9 Å². The van der Waals surface area contributed by atoms with Crippen LogP contribution in [0.15, 0.2) is 85.1 Å². The lowest BCUT2D eigenvalue weighted by Gasteiger charge is -2.46. The van der Waals surface area contributed by atoms with Crippen LogP contribution in [0.25, 0.3) is 0 Å². The van der Waals surface area contributed by atoms with Gasteiger partial charge in [-0.3, -0.25) is 9.59 Å². The first kappa shape index (κ1) is 55.9. The van der Waals surface area contributed by atoms with E-state index in [1.165, 1.54) is 7.11 Å². The Labute approximate surface area is 382 Å². The number of fused-ring (bicyclic) bond motifs is 2. The average Bonchev–Trinajstić information content (AvgIpc) is 3.23. The van der Waals surface area contributed by atoms with Crippen LogP contribution in [0.4, 0.5) is 0 Å². The number of carbonyl (C=O) groups excluding carboxylic acids is 1. The molecule has 0 spiro atoms. The van der Waals surface area contributed by atoms with Gasteiger partial charge in [-0.05, 0) is 33.1 Å². The molecular formula is C48H75NO16. The molecule has 11 N–H and O–H groups in total. The zero-order valence-electron chi connectivity index (χ0n) is 38.2. The summed E-state index contributed by atoms with van der Waals surface area (Å²) in [5.41, 5.74) is 6.16. The summed E-state index contributed by atoms with van der Waals surface area (Å²) in [4.78, 5) is 25.2. The minimum Gasteiger partial charge on any atom is -0.481 e. The minimum atomic E-state index is -1.73. The molecule has 0 radical (unpaired) electrons. The van der Waals surface area contributed by atoms with Crippen molar-refractivity contribution in [1.82, 2.24) is 0 Å². The molecule has 0 amide bonds. The molecule has 368 valence electrons. The molecule has 0 aromatic carbocycles. The number of nitrogens with two attached hydrogens (primary N) is 1. The Balaban J connectivity index is 1.86. The lowest BCUT2D eigenvalue weighted by Crippen LogP contribution is -2.57. The first-order chi connectivity index (χ1) is 30.7. The van der Waals surface area contributed by atoms with Crippen molar-refractivity contribution in [3.05, 3.63) is 85.1 Å². The summed E-state index contributed by atoms with van der Waals surface area (Å²) in [5.74, 6) is -5.91. The summed E-state index contributed by atoms with van der Waals surface area (Å²) in [6.45, 7) is 6.91. The number of ether oxygens (including phenoxy) is 5.